The monoisotopic (exact) mass is 580 g/mol. The van der Waals surface area contributed by atoms with Crippen molar-refractivity contribution in [2.24, 2.45) is 0 Å². The molecule has 0 spiro atoms. The van der Waals surface area contributed by atoms with E-state index in [9.17, 15) is 0 Å². The second kappa shape index (κ2) is 20.1. The van der Waals surface area contributed by atoms with Gasteiger partial charge in [0.05, 0.1) is 13.1 Å². The van der Waals surface area contributed by atoms with E-state index in [1.165, 1.54) is 177 Å². The quantitative estimate of drug-likeness (QED) is 0.152. The van der Waals surface area contributed by atoms with Crippen molar-refractivity contribution in [3.05, 3.63) is 0 Å². The van der Waals surface area contributed by atoms with E-state index in [-0.39, 0.29) is 34.0 Å². The molecule has 2 nitrogen and oxygen atoms in total. The van der Waals surface area contributed by atoms with E-state index in [1.807, 2.05) is 0 Å². The Balaban J connectivity index is 0.00000480. The van der Waals surface area contributed by atoms with Crippen molar-refractivity contribution >= 4 is 0 Å². The van der Waals surface area contributed by atoms with E-state index >= 15 is 0 Å². The number of hydrogen-bond acceptors (Lipinski definition) is 0. The Hall–Kier alpha value is 0.880. The highest BCUT2D eigenvalue weighted by molar-refractivity contribution is 4.63. The standard InChI is InChI=1S/C28H58N2.2BrH/c1-3-5-7-9-11-13-14-16-18-20-22-30-26-23-29(24-27-30,25-28-30)21-19-17-15-12-10-8-6-4-2;;/h3-28H2,1-2H3;2*1H/q+2;;/p-2. The molecular formula is C28H58Br2N2. The number of nitrogens with zero attached hydrogens (tertiary/aromatic N) is 2. The lowest BCUT2D eigenvalue weighted by Crippen LogP contribution is -3.00. The van der Waals surface area contributed by atoms with Gasteiger partial charge < -0.3 is 42.9 Å². The first-order valence-electron chi connectivity index (χ1n) is 14.4. The van der Waals surface area contributed by atoms with Crippen molar-refractivity contribution in [3.63, 3.8) is 0 Å². The fourth-order valence-corrected chi connectivity index (χ4v) is 6.13. The third-order valence-corrected chi connectivity index (χ3v) is 8.62. The first-order valence-corrected chi connectivity index (χ1v) is 14.4. The number of rotatable bonds is 20. The Morgan fingerprint density at radius 1 is 0.344 bits per heavy atom. The van der Waals surface area contributed by atoms with Crippen LogP contribution in [0.15, 0.2) is 0 Å². The number of fused-ring (bicyclic) bond motifs is 3. The molecular weight excluding hydrogens is 524 g/mol. The van der Waals surface area contributed by atoms with Gasteiger partial charge in [-0.25, -0.2) is 0 Å². The summed E-state index contributed by atoms with van der Waals surface area (Å²) in [5.41, 5.74) is 0. The van der Waals surface area contributed by atoms with E-state index < -0.39 is 0 Å². The van der Waals surface area contributed by atoms with Crippen LogP contribution in [0, 0.1) is 0 Å². The number of quaternary nitrogens is 2. The van der Waals surface area contributed by atoms with Gasteiger partial charge in [-0.15, -0.1) is 0 Å². The lowest BCUT2D eigenvalue weighted by molar-refractivity contribution is -1.08. The number of hydrogen-bond donors (Lipinski definition) is 0. The van der Waals surface area contributed by atoms with Crippen molar-refractivity contribution in [3.8, 4) is 0 Å². The van der Waals surface area contributed by atoms with Gasteiger partial charge in [-0.3, -0.25) is 0 Å². The molecule has 0 saturated carbocycles. The van der Waals surface area contributed by atoms with Crippen molar-refractivity contribution in [1.82, 2.24) is 0 Å². The average Bonchev–Trinajstić information content (AvgIpc) is 2.78. The highest BCUT2D eigenvalue weighted by Crippen LogP contribution is 2.28. The minimum atomic E-state index is 0. The molecule has 32 heavy (non-hydrogen) atoms. The maximum atomic E-state index is 2.32. The number of unbranched alkanes of at least 4 members (excludes halogenated alkanes) is 16. The molecule has 3 saturated heterocycles. The summed E-state index contributed by atoms with van der Waals surface area (Å²) in [6.07, 6.45) is 26.4. The first kappa shape index (κ1) is 32.9. The van der Waals surface area contributed by atoms with Crippen LogP contribution in [0.25, 0.3) is 0 Å². The smallest absolute Gasteiger partial charge is 0.129 e. The molecule has 0 amide bonds. The van der Waals surface area contributed by atoms with Gasteiger partial charge in [-0.05, 0) is 25.7 Å². The lowest BCUT2D eigenvalue weighted by Gasteiger charge is -2.55. The van der Waals surface area contributed by atoms with Crippen molar-refractivity contribution in [1.29, 1.82) is 0 Å². The lowest BCUT2D eigenvalue weighted by atomic mass is 10.0. The molecule has 0 aliphatic carbocycles. The van der Waals surface area contributed by atoms with Crippen LogP contribution in [0.5, 0.6) is 0 Å². The Kier molecular flexibility index (Phi) is 20.7. The van der Waals surface area contributed by atoms with E-state index in [2.05, 4.69) is 13.8 Å². The highest BCUT2D eigenvalue weighted by Gasteiger charge is 2.47. The number of piperazine rings is 3. The van der Waals surface area contributed by atoms with E-state index in [4.69, 9.17) is 0 Å². The summed E-state index contributed by atoms with van der Waals surface area (Å²) in [5.74, 6) is 0. The third kappa shape index (κ3) is 13.1. The maximum absolute atomic E-state index is 2.32. The molecule has 2 bridgehead atoms. The van der Waals surface area contributed by atoms with Gasteiger partial charge in [-0.1, -0.05) is 104 Å². The van der Waals surface area contributed by atoms with Crippen molar-refractivity contribution in [2.45, 2.75) is 129 Å². The van der Waals surface area contributed by atoms with E-state index in [0.717, 1.165) is 0 Å². The zero-order valence-corrected chi connectivity index (χ0v) is 25.2. The van der Waals surface area contributed by atoms with Gasteiger partial charge in [-0.2, -0.15) is 0 Å². The summed E-state index contributed by atoms with van der Waals surface area (Å²) in [6.45, 7) is 16.6. The molecule has 3 heterocycles. The van der Waals surface area contributed by atoms with Gasteiger partial charge >= 0.3 is 0 Å². The Bertz CT molecular complexity index is 392. The van der Waals surface area contributed by atoms with Gasteiger partial charge in [0.25, 0.3) is 0 Å². The van der Waals surface area contributed by atoms with Crippen LogP contribution < -0.4 is 34.0 Å². The Morgan fingerprint density at radius 3 is 0.812 bits per heavy atom. The molecule has 3 fully saturated rings. The SMILES string of the molecule is CCCCCCCCCCCC[N+]12CC[N+](CCCCCCCCCC)(CC1)CC2.[Br-].[Br-]. The predicted molar refractivity (Wildman–Crippen MR) is 134 cm³/mol. The summed E-state index contributed by atoms with van der Waals surface area (Å²) in [7, 11) is 0. The highest BCUT2D eigenvalue weighted by atomic mass is 79.9. The zero-order valence-electron chi connectivity index (χ0n) is 22.0. The second-order valence-corrected chi connectivity index (χ2v) is 11.1. The van der Waals surface area contributed by atoms with Crippen LogP contribution in [0.2, 0.25) is 0 Å². The molecule has 0 unspecified atom stereocenters. The van der Waals surface area contributed by atoms with Crippen LogP contribution in [0.1, 0.15) is 129 Å². The number of halogens is 2. The van der Waals surface area contributed by atoms with Crippen LogP contribution in [0.3, 0.4) is 0 Å². The molecule has 0 aromatic rings. The molecule has 0 N–H and O–H groups in total. The summed E-state index contributed by atoms with van der Waals surface area (Å²) < 4.78 is 2.99. The molecule has 4 heteroatoms. The van der Waals surface area contributed by atoms with E-state index in [0.29, 0.717) is 0 Å². The van der Waals surface area contributed by atoms with Crippen LogP contribution in [0.4, 0.5) is 0 Å². The van der Waals surface area contributed by atoms with Gasteiger partial charge in [0, 0.05) is 0 Å². The fraction of sp³-hybridized carbons (Fsp3) is 1.00. The molecule has 3 aliphatic heterocycles. The summed E-state index contributed by atoms with van der Waals surface area (Å²) in [4.78, 5) is 0. The zero-order chi connectivity index (χ0) is 21.4. The van der Waals surface area contributed by atoms with Crippen LogP contribution in [-0.2, 0) is 0 Å². The average molecular weight is 583 g/mol. The van der Waals surface area contributed by atoms with Gasteiger partial charge in [0.2, 0.25) is 0 Å². The molecule has 3 aliphatic rings. The molecule has 0 aromatic carbocycles. The molecule has 0 atom stereocenters. The van der Waals surface area contributed by atoms with Crippen molar-refractivity contribution in [2.75, 3.05) is 52.4 Å². The third-order valence-electron chi connectivity index (χ3n) is 8.62. The van der Waals surface area contributed by atoms with Crippen LogP contribution in [-0.4, -0.2) is 61.3 Å². The molecule has 0 aromatic heterocycles. The molecule has 194 valence electrons. The predicted octanol–water partition coefficient (Wildman–Crippen LogP) is 1.72. The minimum Gasteiger partial charge on any atom is -1.00 e. The molecule has 0 radical (unpaired) electrons. The fourth-order valence-electron chi connectivity index (χ4n) is 6.13. The topological polar surface area (TPSA) is 0 Å². The summed E-state index contributed by atoms with van der Waals surface area (Å²) in [6, 6.07) is 0. The Labute approximate surface area is 224 Å². The normalized spacial score (nSPS) is 24.2. The van der Waals surface area contributed by atoms with Crippen LogP contribution >= 0.6 is 0 Å². The Morgan fingerprint density at radius 2 is 0.562 bits per heavy atom. The van der Waals surface area contributed by atoms with Gasteiger partial charge in [0.1, 0.15) is 39.3 Å². The summed E-state index contributed by atoms with van der Waals surface area (Å²) in [5, 5.41) is 0. The minimum absolute atomic E-state index is 0. The van der Waals surface area contributed by atoms with Gasteiger partial charge in [0.15, 0.2) is 0 Å². The maximum Gasteiger partial charge on any atom is 0.129 e. The van der Waals surface area contributed by atoms with E-state index in [1.54, 1.807) is 0 Å². The largest absolute Gasteiger partial charge is 1.00 e. The second-order valence-electron chi connectivity index (χ2n) is 11.1. The first-order chi connectivity index (χ1) is 14.7. The van der Waals surface area contributed by atoms with Crippen molar-refractivity contribution < 1.29 is 42.9 Å². The summed E-state index contributed by atoms with van der Waals surface area (Å²) >= 11 is 0. The molecule has 3 rings (SSSR count).